The summed E-state index contributed by atoms with van der Waals surface area (Å²) in [5.74, 6) is 1.32. The van der Waals surface area contributed by atoms with Crippen molar-refractivity contribution < 1.29 is 9.53 Å². The lowest BCUT2D eigenvalue weighted by Gasteiger charge is -2.23. The summed E-state index contributed by atoms with van der Waals surface area (Å²) < 4.78 is 6.37. The van der Waals surface area contributed by atoms with Crippen molar-refractivity contribution in [2.24, 2.45) is 0 Å². The predicted octanol–water partition coefficient (Wildman–Crippen LogP) is 4.09. The molecule has 7 nitrogen and oxygen atoms in total. The monoisotopic (exact) mass is 469 g/mol. The van der Waals surface area contributed by atoms with Gasteiger partial charge in [0.15, 0.2) is 5.16 Å². The van der Waals surface area contributed by atoms with Crippen LogP contribution in [0.2, 0.25) is 0 Å². The van der Waals surface area contributed by atoms with E-state index in [1.165, 1.54) is 16.6 Å². The number of hydrogen-bond acceptors (Lipinski definition) is 8. The van der Waals surface area contributed by atoms with Crippen LogP contribution in [-0.2, 0) is 0 Å². The van der Waals surface area contributed by atoms with Crippen molar-refractivity contribution in [1.82, 2.24) is 15.3 Å². The topological polar surface area (TPSA) is 70.6 Å². The third-order valence-electron chi connectivity index (χ3n) is 5.35. The van der Waals surface area contributed by atoms with Gasteiger partial charge in [0.05, 0.1) is 0 Å². The van der Waals surface area contributed by atoms with Crippen LogP contribution in [0.25, 0.3) is 0 Å². The molecule has 9 heteroatoms. The van der Waals surface area contributed by atoms with Crippen LogP contribution in [-0.4, -0.2) is 55.9 Å². The zero-order chi connectivity index (χ0) is 22.5. The molecule has 1 aliphatic heterocycles. The van der Waals surface area contributed by atoms with Crippen LogP contribution in [0, 0.1) is 0 Å². The molecule has 168 valence electrons. The fourth-order valence-electron chi connectivity index (χ4n) is 3.64. The first-order valence-electron chi connectivity index (χ1n) is 10.5. The van der Waals surface area contributed by atoms with Crippen LogP contribution in [0.1, 0.15) is 27.8 Å². The van der Waals surface area contributed by atoms with E-state index in [2.05, 4.69) is 26.7 Å². The molecule has 0 spiro atoms. The molecule has 0 saturated heterocycles. The average molecular weight is 470 g/mol. The molecule has 4 rings (SSSR count). The molecule has 0 bridgehead atoms. The zero-order valence-corrected chi connectivity index (χ0v) is 20.1. The summed E-state index contributed by atoms with van der Waals surface area (Å²) in [7, 11) is 3.90. The van der Waals surface area contributed by atoms with Crippen molar-refractivity contribution in [3.63, 3.8) is 0 Å². The maximum absolute atomic E-state index is 13.4. The van der Waals surface area contributed by atoms with Gasteiger partial charge in [0, 0.05) is 49.4 Å². The van der Waals surface area contributed by atoms with Crippen molar-refractivity contribution in [2.45, 2.75) is 17.7 Å². The van der Waals surface area contributed by atoms with E-state index in [0.29, 0.717) is 29.6 Å². The Morgan fingerprint density at radius 3 is 2.91 bits per heavy atom. The fourth-order valence-corrected chi connectivity index (χ4v) is 4.77. The van der Waals surface area contributed by atoms with Gasteiger partial charge in [-0.15, -0.1) is 11.3 Å². The normalized spacial score (nSPS) is 14.8. The number of aromatic nitrogens is 2. The van der Waals surface area contributed by atoms with Gasteiger partial charge >= 0.3 is 0 Å². The minimum Gasteiger partial charge on any atom is -0.485 e. The molecule has 0 fully saturated rings. The summed E-state index contributed by atoms with van der Waals surface area (Å²) in [5, 5.41) is 5.92. The maximum atomic E-state index is 13.4. The van der Waals surface area contributed by atoms with Crippen LogP contribution in [0.15, 0.2) is 53.1 Å². The number of fused-ring (bicyclic) bond motifs is 1. The molecule has 0 saturated carbocycles. The van der Waals surface area contributed by atoms with Gasteiger partial charge in [-0.1, -0.05) is 23.9 Å². The van der Waals surface area contributed by atoms with Gasteiger partial charge in [-0.2, -0.15) is 0 Å². The fraction of sp³-hybridized carbons (Fsp3) is 0.348. The number of carbonyl (C=O) groups excluding carboxylic acids is 1. The average Bonchev–Trinajstić information content (AvgIpc) is 3.32. The number of likely N-dealkylation sites (N-methyl/N-ethyl adjacent to an activating group) is 1. The second-order valence-corrected chi connectivity index (χ2v) is 9.24. The van der Waals surface area contributed by atoms with Crippen molar-refractivity contribution in [2.75, 3.05) is 49.8 Å². The highest BCUT2D eigenvalue weighted by atomic mass is 32.2. The maximum Gasteiger partial charge on any atom is 0.263 e. The molecule has 1 aromatic carbocycles. The Labute approximate surface area is 196 Å². The minimum atomic E-state index is -0.0980. The first-order chi connectivity index (χ1) is 15.6. The van der Waals surface area contributed by atoms with Gasteiger partial charge in [-0.05, 0) is 43.4 Å². The molecular weight excluding hydrogens is 442 g/mol. The molecular formula is C23H27N5O2S2. The third kappa shape index (κ3) is 4.90. The molecule has 0 radical (unpaired) electrons. The van der Waals surface area contributed by atoms with Gasteiger partial charge in [0.1, 0.15) is 23.2 Å². The smallest absolute Gasteiger partial charge is 0.263 e. The minimum absolute atomic E-state index is 0.0391. The number of thioether (sulfide) groups is 1. The number of amides is 1. The number of nitrogens with zero attached hydrogens (tertiary/aromatic N) is 4. The van der Waals surface area contributed by atoms with Crippen LogP contribution in [0.5, 0.6) is 5.75 Å². The number of hydrogen-bond donors (Lipinski definition) is 1. The Morgan fingerprint density at radius 1 is 1.28 bits per heavy atom. The van der Waals surface area contributed by atoms with E-state index in [-0.39, 0.29) is 12.0 Å². The SMILES string of the molecule is CNCC[C@@H](Oc1cccc(N2CCN(C)c3nc(SC)ncc3C2=O)c1)c1cccs1. The Kier molecular flexibility index (Phi) is 7.29. The van der Waals surface area contributed by atoms with Crippen LogP contribution < -0.4 is 19.9 Å². The molecule has 1 N–H and O–H groups in total. The van der Waals surface area contributed by atoms with E-state index in [0.717, 1.165) is 24.4 Å². The molecule has 0 unspecified atom stereocenters. The summed E-state index contributed by atoms with van der Waals surface area (Å²) in [5.41, 5.74) is 1.32. The quantitative estimate of drug-likeness (QED) is 0.394. The number of anilines is 2. The van der Waals surface area contributed by atoms with Crippen LogP contribution in [0.4, 0.5) is 11.5 Å². The molecule has 2 aromatic heterocycles. The van der Waals surface area contributed by atoms with E-state index < -0.39 is 0 Å². The Hall–Kier alpha value is -2.62. The molecule has 3 heterocycles. The lowest BCUT2D eigenvalue weighted by atomic mass is 10.2. The van der Waals surface area contributed by atoms with Crippen LogP contribution >= 0.6 is 23.1 Å². The summed E-state index contributed by atoms with van der Waals surface area (Å²) in [6, 6.07) is 11.9. The third-order valence-corrected chi connectivity index (χ3v) is 6.88. The summed E-state index contributed by atoms with van der Waals surface area (Å²) in [6.45, 7) is 2.08. The first-order valence-corrected chi connectivity index (χ1v) is 12.6. The van der Waals surface area contributed by atoms with Crippen molar-refractivity contribution >= 4 is 40.5 Å². The van der Waals surface area contributed by atoms with Gasteiger partial charge in [-0.25, -0.2) is 9.97 Å². The van der Waals surface area contributed by atoms with Gasteiger partial charge in [-0.3, -0.25) is 4.79 Å². The van der Waals surface area contributed by atoms with Crippen molar-refractivity contribution in [3.8, 4) is 5.75 Å². The van der Waals surface area contributed by atoms with Crippen molar-refractivity contribution in [3.05, 3.63) is 58.4 Å². The summed E-state index contributed by atoms with van der Waals surface area (Å²) in [4.78, 5) is 27.3. The van der Waals surface area contributed by atoms with E-state index in [1.54, 1.807) is 22.4 Å². The van der Waals surface area contributed by atoms with E-state index in [9.17, 15) is 4.79 Å². The largest absolute Gasteiger partial charge is 0.485 e. The highest BCUT2D eigenvalue weighted by Crippen LogP contribution is 2.32. The molecule has 3 aromatic rings. The zero-order valence-electron chi connectivity index (χ0n) is 18.4. The Bertz CT molecular complexity index is 1060. The van der Waals surface area contributed by atoms with Crippen molar-refractivity contribution in [1.29, 1.82) is 0 Å². The predicted molar refractivity (Wildman–Crippen MR) is 131 cm³/mol. The Balaban J connectivity index is 1.60. The highest BCUT2D eigenvalue weighted by molar-refractivity contribution is 7.98. The highest BCUT2D eigenvalue weighted by Gasteiger charge is 2.28. The number of rotatable bonds is 8. The van der Waals surface area contributed by atoms with Gasteiger partial charge < -0.3 is 19.9 Å². The number of benzene rings is 1. The summed E-state index contributed by atoms with van der Waals surface area (Å²) in [6.07, 6.45) is 4.38. The molecule has 32 heavy (non-hydrogen) atoms. The van der Waals surface area contributed by atoms with E-state index >= 15 is 0 Å². The second kappa shape index (κ2) is 10.3. The number of thiophene rings is 1. The molecule has 1 atom stereocenters. The van der Waals surface area contributed by atoms with E-state index in [1.807, 2.05) is 55.6 Å². The van der Waals surface area contributed by atoms with Gasteiger partial charge in [0.25, 0.3) is 5.91 Å². The number of nitrogens with one attached hydrogen (secondary N) is 1. The molecule has 1 amide bonds. The lowest BCUT2D eigenvalue weighted by molar-refractivity contribution is 0.0989. The molecule has 1 aliphatic rings. The standard InChI is InChI=1S/C23H27N5O2S2/c1-24-10-9-19(20-8-5-13-32-20)30-17-7-4-6-16(14-17)28-12-11-27(2)21-18(22(28)29)15-25-23(26-21)31-3/h4-8,13-15,19,24H,9-12H2,1-3H3/t19-/m1/s1. The summed E-state index contributed by atoms with van der Waals surface area (Å²) >= 11 is 3.16. The number of ether oxygens (including phenoxy) is 1. The first kappa shape index (κ1) is 22.6. The molecule has 0 aliphatic carbocycles. The van der Waals surface area contributed by atoms with Gasteiger partial charge in [0.2, 0.25) is 0 Å². The second-order valence-electron chi connectivity index (χ2n) is 7.48. The lowest BCUT2D eigenvalue weighted by Crippen LogP contribution is -2.33. The number of carbonyl (C=O) groups is 1. The van der Waals surface area contributed by atoms with Crippen LogP contribution in [0.3, 0.4) is 0 Å². The Morgan fingerprint density at radius 2 is 2.16 bits per heavy atom. The van der Waals surface area contributed by atoms with E-state index in [4.69, 9.17) is 4.74 Å².